The van der Waals surface area contributed by atoms with E-state index in [0.29, 0.717) is 0 Å². The Balaban J connectivity index is 1.77. The molecule has 2 aromatic heterocycles. The molecule has 6 heteroatoms. The predicted octanol–water partition coefficient (Wildman–Crippen LogP) is 1.70. The van der Waals surface area contributed by atoms with Crippen molar-refractivity contribution in [1.82, 2.24) is 20.3 Å². The van der Waals surface area contributed by atoms with Gasteiger partial charge in [-0.1, -0.05) is 6.92 Å². The summed E-state index contributed by atoms with van der Waals surface area (Å²) >= 11 is 0. The molecule has 0 spiro atoms. The Morgan fingerprint density at radius 3 is 3.29 bits per heavy atom. The van der Waals surface area contributed by atoms with Crippen molar-refractivity contribution in [2.24, 2.45) is 5.92 Å². The second kappa shape index (κ2) is 6.11. The predicted molar refractivity (Wildman–Crippen MR) is 82.1 cm³/mol. The zero-order valence-corrected chi connectivity index (χ0v) is 12.3. The quantitative estimate of drug-likeness (QED) is 0.897. The van der Waals surface area contributed by atoms with Crippen LogP contribution in [0.25, 0.3) is 11.0 Å². The van der Waals surface area contributed by atoms with E-state index in [4.69, 9.17) is 0 Å². The van der Waals surface area contributed by atoms with E-state index in [1.54, 1.807) is 6.33 Å². The van der Waals surface area contributed by atoms with Crippen LogP contribution in [-0.4, -0.2) is 40.5 Å². The van der Waals surface area contributed by atoms with Gasteiger partial charge < -0.3 is 15.2 Å². The standard InChI is InChI=1S/C15H21N5O/c1-2-6-17-15(21)11-4-3-8-20(9-11)14-12-5-7-16-13(12)18-10-19-14/h5,7,10-11H,2-4,6,8-9H2,1H3,(H,17,21)(H,16,18,19). The number of carbonyl (C=O) groups excluding carboxylic acids is 1. The van der Waals surface area contributed by atoms with Crippen LogP contribution in [0.3, 0.4) is 0 Å². The van der Waals surface area contributed by atoms with Gasteiger partial charge in [0.15, 0.2) is 0 Å². The Hall–Kier alpha value is -2.11. The first-order valence-electron chi connectivity index (χ1n) is 7.60. The van der Waals surface area contributed by atoms with E-state index in [0.717, 1.165) is 55.7 Å². The molecule has 0 aliphatic carbocycles. The summed E-state index contributed by atoms with van der Waals surface area (Å²) in [5, 5.41) is 4.02. The molecule has 6 nitrogen and oxygen atoms in total. The number of aromatic nitrogens is 3. The lowest BCUT2D eigenvalue weighted by molar-refractivity contribution is -0.125. The van der Waals surface area contributed by atoms with Crippen LogP contribution in [-0.2, 0) is 4.79 Å². The fourth-order valence-electron chi connectivity index (χ4n) is 2.89. The minimum absolute atomic E-state index is 0.0502. The molecular formula is C15H21N5O. The molecule has 112 valence electrons. The third kappa shape index (κ3) is 2.84. The third-order valence-electron chi connectivity index (χ3n) is 3.97. The third-order valence-corrected chi connectivity index (χ3v) is 3.97. The van der Waals surface area contributed by atoms with Crippen molar-refractivity contribution in [2.75, 3.05) is 24.5 Å². The molecule has 2 N–H and O–H groups in total. The molecule has 0 bridgehead atoms. The number of fused-ring (bicyclic) bond motifs is 1. The summed E-state index contributed by atoms with van der Waals surface area (Å²) in [5.41, 5.74) is 0.845. The Labute approximate surface area is 124 Å². The van der Waals surface area contributed by atoms with Crippen molar-refractivity contribution >= 4 is 22.8 Å². The molecular weight excluding hydrogens is 266 g/mol. The van der Waals surface area contributed by atoms with Gasteiger partial charge in [0.2, 0.25) is 5.91 Å². The van der Waals surface area contributed by atoms with Crippen LogP contribution in [0.4, 0.5) is 5.82 Å². The zero-order chi connectivity index (χ0) is 14.7. The number of carbonyl (C=O) groups is 1. The van der Waals surface area contributed by atoms with Crippen LogP contribution in [0.5, 0.6) is 0 Å². The summed E-state index contributed by atoms with van der Waals surface area (Å²) in [6, 6.07) is 1.99. The van der Waals surface area contributed by atoms with Gasteiger partial charge in [0, 0.05) is 25.8 Å². The molecule has 3 rings (SSSR count). The number of nitrogens with zero attached hydrogens (tertiary/aromatic N) is 3. The first kappa shape index (κ1) is 13.9. The number of H-pyrrole nitrogens is 1. The largest absolute Gasteiger partial charge is 0.356 e. The van der Waals surface area contributed by atoms with Gasteiger partial charge in [-0.15, -0.1) is 0 Å². The minimum atomic E-state index is 0.0502. The summed E-state index contributed by atoms with van der Waals surface area (Å²) in [7, 11) is 0. The van der Waals surface area contributed by atoms with Gasteiger partial charge >= 0.3 is 0 Å². The Kier molecular flexibility index (Phi) is 4.03. The van der Waals surface area contributed by atoms with E-state index < -0.39 is 0 Å². The van der Waals surface area contributed by atoms with E-state index in [-0.39, 0.29) is 11.8 Å². The van der Waals surface area contributed by atoms with Crippen LogP contribution >= 0.6 is 0 Å². The first-order chi connectivity index (χ1) is 10.3. The van der Waals surface area contributed by atoms with Gasteiger partial charge in [-0.25, -0.2) is 9.97 Å². The smallest absolute Gasteiger partial charge is 0.224 e. The van der Waals surface area contributed by atoms with Crippen molar-refractivity contribution in [3.8, 4) is 0 Å². The second-order valence-corrected chi connectivity index (χ2v) is 5.51. The number of hydrogen-bond acceptors (Lipinski definition) is 4. The molecule has 0 radical (unpaired) electrons. The fourth-order valence-corrected chi connectivity index (χ4v) is 2.89. The van der Waals surface area contributed by atoms with Crippen molar-refractivity contribution in [2.45, 2.75) is 26.2 Å². The van der Waals surface area contributed by atoms with Crippen LogP contribution in [0.1, 0.15) is 26.2 Å². The molecule has 1 fully saturated rings. The van der Waals surface area contributed by atoms with Gasteiger partial charge in [0.25, 0.3) is 0 Å². The highest BCUT2D eigenvalue weighted by molar-refractivity contribution is 5.88. The maximum Gasteiger partial charge on any atom is 0.224 e. The molecule has 1 saturated heterocycles. The van der Waals surface area contributed by atoms with Crippen LogP contribution in [0, 0.1) is 5.92 Å². The van der Waals surface area contributed by atoms with Crippen molar-refractivity contribution in [3.63, 3.8) is 0 Å². The summed E-state index contributed by atoms with van der Waals surface area (Å²) < 4.78 is 0. The zero-order valence-electron chi connectivity index (χ0n) is 12.3. The molecule has 0 saturated carbocycles. The minimum Gasteiger partial charge on any atom is -0.356 e. The van der Waals surface area contributed by atoms with Gasteiger partial charge in [-0.05, 0) is 25.3 Å². The van der Waals surface area contributed by atoms with Gasteiger partial charge in [0.05, 0.1) is 11.3 Å². The second-order valence-electron chi connectivity index (χ2n) is 5.51. The fraction of sp³-hybridized carbons (Fsp3) is 0.533. The lowest BCUT2D eigenvalue weighted by Crippen LogP contribution is -2.43. The molecule has 1 unspecified atom stereocenters. The molecule has 3 heterocycles. The highest BCUT2D eigenvalue weighted by Crippen LogP contribution is 2.26. The Morgan fingerprint density at radius 2 is 2.43 bits per heavy atom. The van der Waals surface area contributed by atoms with E-state index >= 15 is 0 Å². The average Bonchev–Trinajstić information content (AvgIpc) is 3.01. The molecule has 21 heavy (non-hydrogen) atoms. The maximum atomic E-state index is 12.2. The Morgan fingerprint density at radius 1 is 1.52 bits per heavy atom. The first-order valence-corrected chi connectivity index (χ1v) is 7.60. The molecule has 2 aromatic rings. The van der Waals surface area contributed by atoms with E-state index in [1.165, 1.54) is 0 Å². The number of piperidine rings is 1. The summed E-state index contributed by atoms with van der Waals surface area (Å²) in [6.45, 7) is 4.49. The highest BCUT2D eigenvalue weighted by atomic mass is 16.1. The summed E-state index contributed by atoms with van der Waals surface area (Å²) in [4.78, 5) is 26.1. The van der Waals surface area contributed by atoms with Gasteiger partial charge in [-0.3, -0.25) is 4.79 Å². The van der Waals surface area contributed by atoms with E-state index in [1.807, 2.05) is 12.3 Å². The van der Waals surface area contributed by atoms with Gasteiger partial charge in [-0.2, -0.15) is 0 Å². The molecule has 1 aliphatic rings. The average molecular weight is 287 g/mol. The highest BCUT2D eigenvalue weighted by Gasteiger charge is 2.27. The van der Waals surface area contributed by atoms with Crippen molar-refractivity contribution in [3.05, 3.63) is 18.6 Å². The lowest BCUT2D eigenvalue weighted by Gasteiger charge is -2.33. The topological polar surface area (TPSA) is 73.9 Å². The summed E-state index contributed by atoms with van der Waals surface area (Å²) in [6.07, 6.45) is 6.39. The monoisotopic (exact) mass is 287 g/mol. The lowest BCUT2D eigenvalue weighted by atomic mass is 9.97. The van der Waals surface area contributed by atoms with Crippen molar-refractivity contribution in [1.29, 1.82) is 0 Å². The summed E-state index contributed by atoms with van der Waals surface area (Å²) in [5.74, 6) is 1.14. The normalized spacial score (nSPS) is 18.9. The number of hydrogen-bond donors (Lipinski definition) is 2. The number of nitrogens with one attached hydrogen (secondary N) is 2. The van der Waals surface area contributed by atoms with Crippen LogP contribution < -0.4 is 10.2 Å². The van der Waals surface area contributed by atoms with Gasteiger partial charge in [0.1, 0.15) is 17.8 Å². The molecule has 0 aromatic carbocycles. The van der Waals surface area contributed by atoms with Crippen LogP contribution in [0.2, 0.25) is 0 Å². The number of amides is 1. The number of rotatable bonds is 4. The Bertz CT molecular complexity index is 623. The number of anilines is 1. The maximum absolute atomic E-state index is 12.2. The SMILES string of the molecule is CCCNC(=O)C1CCCN(c2ncnc3[nH]ccc23)C1. The van der Waals surface area contributed by atoms with Crippen molar-refractivity contribution < 1.29 is 4.79 Å². The molecule has 1 atom stereocenters. The van der Waals surface area contributed by atoms with E-state index in [2.05, 4.69) is 32.1 Å². The van der Waals surface area contributed by atoms with Crippen LogP contribution in [0.15, 0.2) is 18.6 Å². The molecule has 1 aliphatic heterocycles. The van der Waals surface area contributed by atoms with E-state index in [9.17, 15) is 4.79 Å². The number of aromatic amines is 1. The molecule has 1 amide bonds.